The van der Waals surface area contributed by atoms with Crippen LogP contribution in [0.25, 0.3) is 71.7 Å². The molecule has 0 saturated carbocycles. The summed E-state index contributed by atoms with van der Waals surface area (Å²) in [7, 11) is 0. The molecule has 88 heavy (non-hydrogen) atoms. The van der Waals surface area contributed by atoms with Crippen LogP contribution in [-0.2, 0) is 10.8 Å². The van der Waals surface area contributed by atoms with Crippen LogP contribution in [0.15, 0.2) is 263 Å². The van der Waals surface area contributed by atoms with Crippen LogP contribution in [0, 0.1) is 0 Å². The number of benzene rings is 12. The summed E-state index contributed by atoms with van der Waals surface area (Å²) < 4.78 is 17.1. The van der Waals surface area contributed by atoms with Crippen molar-refractivity contribution < 1.29 is 9.15 Å². The molecule has 0 N–H and O–H groups in total. The molecular weight excluding hydrogens is 1090 g/mol. The van der Waals surface area contributed by atoms with Crippen LogP contribution < -0.4 is 47.3 Å². The number of anilines is 6. The number of para-hydroxylation sites is 6. The van der Waals surface area contributed by atoms with Crippen LogP contribution in [0.4, 0.5) is 34.1 Å². The van der Waals surface area contributed by atoms with Gasteiger partial charge in [-0.3, -0.25) is 0 Å². The van der Waals surface area contributed by atoms with Crippen LogP contribution in [0.2, 0.25) is 0 Å². The summed E-state index contributed by atoms with van der Waals surface area (Å²) in [6.07, 6.45) is 0. The Kier molecular flexibility index (Phi) is 11.0. The second kappa shape index (κ2) is 18.8. The fourth-order valence-corrected chi connectivity index (χ4v) is 16.3. The number of aromatic nitrogens is 1. The Balaban J connectivity index is 0.949. The van der Waals surface area contributed by atoms with Crippen molar-refractivity contribution in [1.82, 2.24) is 4.57 Å². The zero-order valence-corrected chi connectivity index (χ0v) is 50.7. The van der Waals surface area contributed by atoms with Gasteiger partial charge >= 0.3 is 0 Å². The second-order valence-electron chi connectivity index (χ2n) is 26.3. The quantitative estimate of drug-likeness (QED) is 0.160. The van der Waals surface area contributed by atoms with Crippen molar-refractivity contribution in [2.24, 2.45) is 0 Å². The molecule has 5 nitrogen and oxygen atoms in total. The fraction of sp³-hybridized carbons (Fsp3) is 0.100. The molecule has 4 aliphatic heterocycles. The van der Waals surface area contributed by atoms with Crippen molar-refractivity contribution in [3.63, 3.8) is 0 Å². The number of furan rings is 1. The van der Waals surface area contributed by atoms with E-state index in [1.165, 1.54) is 75.5 Å². The van der Waals surface area contributed by atoms with Gasteiger partial charge in [-0.1, -0.05) is 235 Å². The Morgan fingerprint density at radius 2 is 0.955 bits per heavy atom. The van der Waals surface area contributed by atoms with Crippen LogP contribution in [0.3, 0.4) is 0 Å². The van der Waals surface area contributed by atoms with E-state index < -0.39 is 0 Å². The van der Waals surface area contributed by atoms with E-state index in [2.05, 4.69) is 305 Å². The highest BCUT2D eigenvalue weighted by Gasteiger charge is 2.48. The lowest BCUT2D eigenvalue weighted by Crippen LogP contribution is -2.64. The number of hydrogen-bond acceptors (Lipinski definition) is 5. The van der Waals surface area contributed by atoms with Gasteiger partial charge in [-0.05, 0) is 127 Å². The lowest BCUT2D eigenvalue weighted by atomic mass is 9.31. The van der Waals surface area contributed by atoms with Gasteiger partial charge in [0.25, 0.3) is 13.4 Å². The average Bonchev–Trinajstić information content (AvgIpc) is 0.797. The first kappa shape index (κ1) is 51.4. The van der Waals surface area contributed by atoms with E-state index in [0.717, 1.165) is 95.5 Å². The number of ether oxygens (including phenoxy) is 1. The Hall–Kier alpha value is -9.88. The van der Waals surface area contributed by atoms with E-state index >= 15 is 0 Å². The number of hydrogen-bond donors (Lipinski definition) is 0. The minimum Gasteiger partial charge on any atom is -0.458 e. The van der Waals surface area contributed by atoms with E-state index in [9.17, 15) is 0 Å². The maximum atomic E-state index is 7.65. The summed E-state index contributed by atoms with van der Waals surface area (Å²) >= 11 is 1.89. The molecule has 0 spiro atoms. The van der Waals surface area contributed by atoms with Crippen LogP contribution >= 0.6 is 11.8 Å². The molecule has 0 saturated heterocycles. The van der Waals surface area contributed by atoms with Crippen molar-refractivity contribution >= 4 is 136 Å². The Labute approximate surface area is 517 Å². The topological polar surface area (TPSA) is 33.8 Å². The molecule has 8 heteroatoms. The Morgan fingerprint density at radius 1 is 0.375 bits per heavy atom. The molecule has 6 heterocycles. The molecule has 12 aromatic carbocycles. The summed E-state index contributed by atoms with van der Waals surface area (Å²) in [5, 5.41) is 4.71. The number of nitrogens with zero attached hydrogens (tertiary/aromatic N) is 3. The monoisotopic (exact) mass is 1150 g/mol. The molecule has 14 aromatic rings. The van der Waals surface area contributed by atoms with E-state index in [4.69, 9.17) is 9.15 Å². The largest absolute Gasteiger partial charge is 0.458 e. The zero-order chi connectivity index (χ0) is 58.9. The second-order valence-corrected chi connectivity index (χ2v) is 27.4. The molecule has 0 fully saturated rings. The zero-order valence-electron chi connectivity index (χ0n) is 49.9. The van der Waals surface area contributed by atoms with E-state index in [1.807, 2.05) is 11.8 Å². The van der Waals surface area contributed by atoms with Crippen LogP contribution in [-0.4, -0.2) is 18.0 Å². The molecule has 18 rings (SSSR count). The van der Waals surface area contributed by atoms with E-state index in [-0.39, 0.29) is 24.3 Å². The van der Waals surface area contributed by atoms with Gasteiger partial charge in [0.05, 0.1) is 22.4 Å². The van der Waals surface area contributed by atoms with Crippen molar-refractivity contribution in [3.05, 3.63) is 260 Å². The lowest BCUT2D eigenvalue weighted by Gasteiger charge is -2.46. The average molecular weight is 1150 g/mol. The third-order valence-corrected chi connectivity index (χ3v) is 20.3. The normalized spacial score (nSPS) is 13.8. The third kappa shape index (κ3) is 7.51. The highest BCUT2D eigenvalue weighted by molar-refractivity contribution is 8.00. The first-order valence-corrected chi connectivity index (χ1v) is 31.6. The minimum atomic E-state index is -0.249. The standard InChI is InChI=1S/C80H59B2N3O2S/c1-79(2,3)50-41-68-75-69(42-50)85(77-53(48-23-9-7-10-24-48)30-21-31-54(77)49-25-11-8-12-26-49)67-47-71-62(46-61(67)81(75)59-33-16-19-36-65(59)84(68)66-37-22-32-58-57-29-15-20-38-70(57)87-78(58)66)82-60-40-39-52(83-63-34-17-13-27-55(63)56-28-14-18-35-64(56)83)45-73(60)88-74-44-51(80(4,5)6)43-72(86-71)76(74)82/h7-47H,1-6H3. The van der Waals surface area contributed by atoms with Crippen molar-refractivity contribution in [3.8, 4) is 39.4 Å². The SMILES string of the molecule is CC(C)(C)c1cc2c3c(c1)Sc1cc(-n4c5ccccc5c5ccccc54)ccc1B3c1cc3c(cc1O2)N(c1c(-c2ccccc2)cccc1-c1ccccc1)c1cc(C(C)(C)C)cc2c1B3c1ccccc1N2c1cccc2c1oc1ccccc12. The highest BCUT2D eigenvalue weighted by atomic mass is 32.2. The predicted octanol–water partition coefficient (Wildman–Crippen LogP) is 17.8. The molecule has 0 aliphatic carbocycles. The molecule has 418 valence electrons. The molecule has 0 radical (unpaired) electrons. The first-order valence-electron chi connectivity index (χ1n) is 30.8. The number of rotatable bonds is 5. The van der Waals surface area contributed by atoms with E-state index in [0.29, 0.717) is 0 Å². The summed E-state index contributed by atoms with van der Waals surface area (Å²) in [6, 6.07) is 92.8. The van der Waals surface area contributed by atoms with Gasteiger partial charge in [0, 0.05) is 77.0 Å². The van der Waals surface area contributed by atoms with Crippen LogP contribution in [0.1, 0.15) is 52.7 Å². The van der Waals surface area contributed by atoms with Gasteiger partial charge in [-0.25, -0.2) is 0 Å². The van der Waals surface area contributed by atoms with Gasteiger partial charge in [0.15, 0.2) is 5.58 Å². The molecular formula is C80H59B2N3O2S. The van der Waals surface area contributed by atoms with Crippen LogP contribution in [0.5, 0.6) is 11.5 Å². The van der Waals surface area contributed by atoms with Gasteiger partial charge in [0.1, 0.15) is 17.1 Å². The van der Waals surface area contributed by atoms with E-state index in [1.54, 1.807) is 0 Å². The van der Waals surface area contributed by atoms with Crippen molar-refractivity contribution in [2.75, 3.05) is 9.80 Å². The Morgan fingerprint density at radius 3 is 1.66 bits per heavy atom. The maximum absolute atomic E-state index is 7.65. The maximum Gasteiger partial charge on any atom is 0.253 e. The van der Waals surface area contributed by atoms with Crippen molar-refractivity contribution in [2.45, 2.75) is 62.2 Å². The molecule has 0 amide bonds. The summed E-state index contributed by atoms with van der Waals surface area (Å²) in [5.74, 6) is 1.80. The third-order valence-electron chi connectivity index (χ3n) is 19.2. The van der Waals surface area contributed by atoms with Gasteiger partial charge in [-0.15, -0.1) is 0 Å². The highest BCUT2D eigenvalue weighted by Crippen LogP contribution is 2.53. The fourth-order valence-electron chi connectivity index (χ4n) is 15.0. The molecule has 0 atom stereocenters. The molecule has 0 bridgehead atoms. The predicted molar refractivity (Wildman–Crippen MR) is 372 cm³/mol. The van der Waals surface area contributed by atoms with Crippen molar-refractivity contribution in [1.29, 1.82) is 0 Å². The smallest absolute Gasteiger partial charge is 0.253 e. The Bertz CT molecular complexity index is 5170. The summed E-state index contributed by atoms with van der Waals surface area (Å²) in [5.41, 5.74) is 26.0. The minimum absolute atomic E-state index is 0.119. The molecule has 2 aromatic heterocycles. The first-order chi connectivity index (χ1) is 42.9. The summed E-state index contributed by atoms with van der Waals surface area (Å²) in [4.78, 5) is 7.66. The van der Waals surface area contributed by atoms with Gasteiger partial charge in [0.2, 0.25) is 0 Å². The summed E-state index contributed by atoms with van der Waals surface area (Å²) in [6.45, 7) is 13.7. The lowest BCUT2D eigenvalue weighted by molar-refractivity contribution is 0.482. The molecule has 4 aliphatic rings. The number of fused-ring (bicyclic) bond motifs is 14. The van der Waals surface area contributed by atoms with Gasteiger partial charge < -0.3 is 23.5 Å². The molecule has 0 unspecified atom stereocenters. The van der Waals surface area contributed by atoms with Gasteiger partial charge in [-0.2, -0.15) is 0 Å².